The Morgan fingerprint density at radius 1 is 1.21 bits per heavy atom. The molecule has 0 bridgehead atoms. The first kappa shape index (κ1) is 11.8. The Kier molecular flexibility index (Phi) is 2.76. The second-order valence-corrected chi connectivity index (χ2v) is 4.50. The molecule has 0 unspecified atom stereocenters. The Hall–Kier alpha value is -2.27. The molecule has 2 aromatic heterocycles. The van der Waals surface area contributed by atoms with E-state index < -0.39 is 5.76 Å². The average molecular weight is 277 g/mol. The number of benzene rings is 1. The van der Waals surface area contributed by atoms with E-state index in [1.54, 1.807) is 18.3 Å². The lowest BCUT2D eigenvalue weighted by atomic mass is 10.2. The minimum Gasteiger partial charge on any atom is -0.408 e. The minimum absolute atomic E-state index is 0.166. The van der Waals surface area contributed by atoms with Crippen LogP contribution in [0.5, 0.6) is 0 Å². The first-order chi connectivity index (χ1) is 9.15. The second-order valence-electron chi connectivity index (χ2n) is 4.09. The van der Waals surface area contributed by atoms with Gasteiger partial charge in [0, 0.05) is 11.2 Å². The van der Waals surface area contributed by atoms with E-state index in [1.165, 1.54) is 4.57 Å². The number of halogens is 1. The fourth-order valence-electron chi connectivity index (χ4n) is 1.92. The minimum atomic E-state index is -0.636. The van der Waals surface area contributed by atoms with E-state index in [4.69, 9.17) is 16.0 Å². The van der Waals surface area contributed by atoms with E-state index in [0.29, 0.717) is 11.6 Å². The molecule has 19 heavy (non-hydrogen) atoms. The monoisotopic (exact) mass is 276 g/mol. The summed E-state index contributed by atoms with van der Waals surface area (Å²) in [5.41, 5.74) is 0.935. The molecule has 1 aromatic carbocycles. The van der Waals surface area contributed by atoms with Gasteiger partial charge in [-0.15, -0.1) is 0 Å². The molecule has 0 atom stereocenters. The first-order valence-corrected chi connectivity index (χ1v) is 5.98. The largest absolute Gasteiger partial charge is 0.417 e. The van der Waals surface area contributed by atoms with Crippen LogP contribution in [0.25, 0.3) is 11.1 Å². The number of aromatic amines is 1. The highest BCUT2D eigenvalue weighted by molar-refractivity contribution is 6.31. The van der Waals surface area contributed by atoms with Crippen molar-refractivity contribution in [2.24, 2.45) is 0 Å². The summed E-state index contributed by atoms with van der Waals surface area (Å²) in [7, 11) is 0. The maximum atomic E-state index is 12.1. The van der Waals surface area contributed by atoms with Crippen LogP contribution in [0.2, 0.25) is 5.02 Å². The van der Waals surface area contributed by atoms with E-state index in [1.807, 2.05) is 18.2 Å². The van der Waals surface area contributed by atoms with Crippen LogP contribution in [0.3, 0.4) is 0 Å². The molecule has 5 nitrogen and oxygen atoms in total. The van der Waals surface area contributed by atoms with Crippen molar-refractivity contribution in [1.82, 2.24) is 9.55 Å². The maximum absolute atomic E-state index is 12.1. The zero-order valence-corrected chi connectivity index (χ0v) is 10.5. The molecule has 6 heteroatoms. The highest BCUT2D eigenvalue weighted by Crippen LogP contribution is 2.15. The summed E-state index contributed by atoms with van der Waals surface area (Å²) >= 11 is 6.06. The SMILES string of the molecule is O=c1[nH]c2c(=O)n(Cc3ccccc3Cl)ccc2o1. The van der Waals surface area contributed by atoms with Crippen LogP contribution in [0.4, 0.5) is 0 Å². The van der Waals surface area contributed by atoms with Gasteiger partial charge in [-0.05, 0) is 17.7 Å². The molecule has 0 spiro atoms. The number of hydrogen-bond donors (Lipinski definition) is 1. The van der Waals surface area contributed by atoms with E-state index in [9.17, 15) is 9.59 Å². The number of hydrogen-bond acceptors (Lipinski definition) is 3. The van der Waals surface area contributed by atoms with Gasteiger partial charge in [-0.3, -0.25) is 9.78 Å². The van der Waals surface area contributed by atoms with Crippen LogP contribution in [-0.2, 0) is 6.54 Å². The molecule has 3 rings (SSSR count). The summed E-state index contributed by atoms with van der Waals surface area (Å²) in [6.07, 6.45) is 1.57. The Morgan fingerprint density at radius 3 is 2.79 bits per heavy atom. The Balaban J connectivity index is 2.11. The van der Waals surface area contributed by atoms with Crippen molar-refractivity contribution in [3.05, 3.63) is 68.0 Å². The summed E-state index contributed by atoms with van der Waals surface area (Å²) in [5, 5.41) is 0.593. The molecule has 0 radical (unpaired) electrons. The Labute approximate surface area is 112 Å². The normalized spacial score (nSPS) is 11.0. The van der Waals surface area contributed by atoms with Crippen molar-refractivity contribution < 1.29 is 4.42 Å². The van der Waals surface area contributed by atoms with Crippen molar-refractivity contribution >= 4 is 22.7 Å². The van der Waals surface area contributed by atoms with Gasteiger partial charge in [0.1, 0.15) is 0 Å². The molecule has 0 fully saturated rings. The van der Waals surface area contributed by atoms with Crippen LogP contribution in [-0.4, -0.2) is 9.55 Å². The predicted molar refractivity (Wildman–Crippen MR) is 71.6 cm³/mol. The number of fused-ring (bicyclic) bond motifs is 1. The van der Waals surface area contributed by atoms with Crippen LogP contribution >= 0.6 is 11.6 Å². The molecule has 0 aliphatic carbocycles. The second kappa shape index (κ2) is 4.44. The van der Waals surface area contributed by atoms with Crippen molar-refractivity contribution in [1.29, 1.82) is 0 Å². The van der Waals surface area contributed by atoms with E-state index in [0.717, 1.165) is 5.56 Å². The van der Waals surface area contributed by atoms with Crippen LogP contribution in [0.1, 0.15) is 5.56 Å². The van der Waals surface area contributed by atoms with E-state index in [2.05, 4.69) is 4.98 Å². The number of nitrogens with zero attached hydrogens (tertiary/aromatic N) is 1. The summed E-state index contributed by atoms with van der Waals surface area (Å²) in [6, 6.07) is 8.86. The fraction of sp³-hybridized carbons (Fsp3) is 0.0769. The van der Waals surface area contributed by atoms with Gasteiger partial charge in [0.2, 0.25) is 0 Å². The molecule has 0 aliphatic rings. The van der Waals surface area contributed by atoms with E-state index in [-0.39, 0.29) is 16.7 Å². The number of pyridine rings is 1. The van der Waals surface area contributed by atoms with Crippen LogP contribution in [0.15, 0.2) is 50.5 Å². The predicted octanol–water partition coefficient (Wildman–Crippen LogP) is 1.98. The smallest absolute Gasteiger partial charge is 0.408 e. The number of aromatic nitrogens is 2. The molecule has 3 aromatic rings. The van der Waals surface area contributed by atoms with Gasteiger partial charge in [0.25, 0.3) is 5.56 Å². The van der Waals surface area contributed by atoms with E-state index >= 15 is 0 Å². The third-order valence-electron chi connectivity index (χ3n) is 2.86. The molecule has 0 aliphatic heterocycles. The lowest BCUT2D eigenvalue weighted by molar-refractivity contribution is 0.555. The lowest BCUT2D eigenvalue weighted by Gasteiger charge is -2.06. The summed E-state index contributed by atoms with van der Waals surface area (Å²) in [5.74, 6) is -0.636. The maximum Gasteiger partial charge on any atom is 0.417 e. The van der Waals surface area contributed by atoms with Gasteiger partial charge in [-0.2, -0.15) is 0 Å². The number of nitrogens with one attached hydrogen (secondary N) is 1. The van der Waals surface area contributed by atoms with Gasteiger partial charge in [-0.1, -0.05) is 29.8 Å². The van der Waals surface area contributed by atoms with Crippen molar-refractivity contribution in [2.75, 3.05) is 0 Å². The van der Waals surface area contributed by atoms with Gasteiger partial charge >= 0.3 is 5.76 Å². The van der Waals surface area contributed by atoms with Crippen molar-refractivity contribution in [3.8, 4) is 0 Å². The highest BCUT2D eigenvalue weighted by atomic mass is 35.5. The van der Waals surface area contributed by atoms with Gasteiger partial charge in [0.05, 0.1) is 6.54 Å². The summed E-state index contributed by atoms with van der Waals surface area (Å²) < 4.78 is 6.29. The Bertz CT molecular complexity index is 860. The quantitative estimate of drug-likeness (QED) is 0.778. The number of oxazole rings is 1. The van der Waals surface area contributed by atoms with Gasteiger partial charge < -0.3 is 8.98 Å². The Morgan fingerprint density at radius 2 is 2.00 bits per heavy atom. The van der Waals surface area contributed by atoms with Crippen LogP contribution < -0.4 is 11.3 Å². The number of H-pyrrole nitrogens is 1. The molecule has 96 valence electrons. The molecule has 1 N–H and O–H groups in total. The lowest BCUT2D eigenvalue weighted by Crippen LogP contribution is -2.20. The van der Waals surface area contributed by atoms with Gasteiger partial charge in [0.15, 0.2) is 11.1 Å². The molecular weight excluding hydrogens is 268 g/mol. The highest BCUT2D eigenvalue weighted by Gasteiger charge is 2.09. The van der Waals surface area contributed by atoms with Crippen molar-refractivity contribution in [2.45, 2.75) is 6.54 Å². The zero-order valence-electron chi connectivity index (χ0n) is 9.72. The molecule has 0 saturated carbocycles. The molecular formula is C13H9ClN2O3. The molecule has 0 saturated heterocycles. The third kappa shape index (κ3) is 2.08. The van der Waals surface area contributed by atoms with Crippen LogP contribution in [0, 0.1) is 0 Å². The third-order valence-corrected chi connectivity index (χ3v) is 3.22. The fourth-order valence-corrected chi connectivity index (χ4v) is 2.12. The average Bonchev–Trinajstić information content (AvgIpc) is 2.77. The van der Waals surface area contributed by atoms with Crippen molar-refractivity contribution in [3.63, 3.8) is 0 Å². The summed E-state index contributed by atoms with van der Waals surface area (Å²) in [4.78, 5) is 25.6. The molecule has 0 amide bonds. The summed E-state index contributed by atoms with van der Waals surface area (Å²) in [6.45, 7) is 0.335. The molecule has 2 heterocycles. The zero-order chi connectivity index (χ0) is 13.4. The van der Waals surface area contributed by atoms with Gasteiger partial charge in [-0.25, -0.2) is 4.79 Å². The first-order valence-electron chi connectivity index (χ1n) is 5.61. The number of rotatable bonds is 2. The standard InChI is InChI=1S/C13H9ClN2O3/c14-9-4-2-1-3-8(9)7-16-6-5-10-11(12(16)17)15-13(18)19-10/h1-6H,7H2,(H,15,18). The topological polar surface area (TPSA) is 68.0 Å².